The number of hydrogen-bond acceptors (Lipinski definition) is 4. The smallest absolute Gasteiger partial charge is 0.220 e. The van der Waals surface area contributed by atoms with Crippen molar-refractivity contribution in [2.75, 3.05) is 24.2 Å². The fourth-order valence-electron chi connectivity index (χ4n) is 1.67. The van der Waals surface area contributed by atoms with Gasteiger partial charge in [-0.1, -0.05) is 6.07 Å². The number of amides is 1. The first-order chi connectivity index (χ1) is 8.78. The zero-order valence-electron chi connectivity index (χ0n) is 10.7. The molecule has 0 aromatic carbocycles. The maximum absolute atomic E-state index is 11.4. The van der Waals surface area contributed by atoms with E-state index in [1.54, 1.807) is 0 Å². The molecule has 98 valence electrons. The summed E-state index contributed by atoms with van der Waals surface area (Å²) < 4.78 is 0. The highest BCUT2D eigenvalue weighted by molar-refractivity contribution is 5.76. The van der Waals surface area contributed by atoms with Gasteiger partial charge < -0.3 is 16.0 Å². The fourth-order valence-corrected chi connectivity index (χ4v) is 1.67. The van der Waals surface area contributed by atoms with E-state index < -0.39 is 0 Å². The van der Waals surface area contributed by atoms with E-state index in [2.05, 4.69) is 20.9 Å². The maximum atomic E-state index is 11.4. The van der Waals surface area contributed by atoms with Crippen molar-refractivity contribution in [2.24, 2.45) is 0 Å². The van der Waals surface area contributed by atoms with Crippen LogP contribution in [0.2, 0.25) is 0 Å². The second-order valence-corrected chi connectivity index (χ2v) is 4.53. The van der Waals surface area contributed by atoms with E-state index in [9.17, 15) is 4.79 Å². The summed E-state index contributed by atoms with van der Waals surface area (Å²) in [5.41, 5.74) is 0. The molecule has 3 N–H and O–H groups in total. The summed E-state index contributed by atoms with van der Waals surface area (Å²) in [6.45, 7) is 0.762. The van der Waals surface area contributed by atoms with Crippen LogP contribution in [0.5, 0.6) is 0 Å². The van der Waals surface area contributed by atoms with Crippen LogP contribution in [0.3, 0.4) is 0 Å². The highest BCUT2D eigenvalue weighted by Gasteiger charge is 2.22. The monoisotopic (exact) mass is 248 g/mol. The lowest BCUT2D eigenvalue weighted by molar-refractivity contribution is -0.121. The standard InChI is InChI=1S/C13H20N4O/c1-14-11-4-2-5-12(17-11)15-9-3-6-13(18)16-10-7-8-10/h2,4-5,10H,3,6-9H2,1H3,(H,16,18)(H2,14,15,17). The molecule has 0 saturated heterocycles. The Kier molecular flexibility index (Phi) is 4.39. The molecule has 1 fully saturated rings. The van der Waals surface area contributed by atoms with E-state index in [0.717, 1.165) is 37.4 Å². The van der Waals surface area contributed by atoms with Gasteiger partial charge in [0.25, 0.3) is 0 Å². The van der Waals surface area contributed by atoms with Gasteiger partial charge in [0.1, 0.15) is 11.6 Å². The minimum atomic E-state index is 0.163. The molecule has 0 radical (unpaired) electrons. The maximum Gasteiger partial charge on any atom is 0.220 e. The van der Waals surface area contributed by atoms with Crippen LogP contribution in [0.4, 0.5) is 11.6 Å². The molecule has 0 atom stereocenters. The lowest BCUT2D eigenvalue weighted by Crippen LogP contribution is -2.25. The zero-order valence-corrected chi connectivity index (χ0v) is 10.7. The average Bonchev–Trinajstić information content (AvgIpc) is 3.19. The molecule has 0 bridgehead atoms. The second kappa shape index (κ2) is 6.23. The SMILES string of the molecule is CNc1cccc(NCCCC(=O)NC2CC2)n1. The molecule has 2 rings (SSSR count). The van der Waals surface area contributed by atoms with Crippen LogP contribution in [0.25, 0.3) is 0 Å². The number of pyridine rings is 1. The minimum absolute atomic E-state index is 0.163. The Morgan fingerprint density at radius 3 is 2.89 bits per heavy atom. The highest BCUT2D eigenvalue weighted by Crippen LogP contribution is 2.18. The van der Waals surface area contributed by atoms with Crippen LogP contribution in [0.1, 0.15) is 25.7 Å². The van der Waals surface area contributed by atoms with Crippen molar-refractivity contribution in [1.82, 2.24) is 10.3 Å². The Hall–Kier alpha value is -1.78. The molecule has 1 aromatic rings. The van der Waals surface area contributed by atoms with Gasteiger partial charge in [0.2, 0.25) is 5.91 Å². The van der Waals surface area contributed by atoms with Gasteiger partial charge in [-0.15, -0.1) is 0 Å². The Morgan fingerprint density at radius 1 is 1.39 bits per heavy atom. The molecular weight excluding hydrogens is 228 g/mol. The van der Waals surface area contributed by atoms with E-state index in [1.807, 2.05) is 25.2 Å². The molecule has 1 amide bonds. The highest BCUT2D eigenvalue weighted by atomic mass is 16.1. The predicted octanol–water partition coefficient (Wildman–Crippen LogP) is 1.59. The Labute approximate surface area is 107 Å². The molecule has 1 aliphatic rings. The lowest BCUT2D eigenvalue weighted by Gasteiger charge is -2.07. The first kappa shape index (κ1) is 12.7. The van der Waals surface area contributed by atoms with Crippen LogP contribution in [-0.4, -0.2) is 30.5 Å². The molecule has 0 unspecified atom stereocenters. The molecule has 0 spiro atoms. The summed E-state index contributed by atoms with van der Waals surface area (Å²) in [5, 5.41) is 9.18. The summed E-state index contributed by atoms with van der Waals surface area (Å²) in [7, 11) is 1.84. The van der Waals surface area contributed by atoms with Gasteiger partial charge in [0, 0.05) is 26.1 Å². The summed E-state index contributed by atoms with van der Waals surface area (Å²) in [4.78, 5) is 15.8. The summed E-state index contributed by atoms with van der Waals surface area (Å²) in [6.07, 6.45) is 3.69. The molecule has 0 aliphatic heterocycles. The average molecular weight is 248 g/mol. The van der Waals surface area contributed by atoms with Crippen molar-refractivity contribution in [3.8, 4) is 0 Å². The van der Waals surface area contributed by atoms with Crippen LogP contribution in [0, 0.1) is 0 Å². The van der Waals surface area contributed by atoms with Gasteiger partial charge in [0.05, 0.1) is 0 Å². The van der Waals surface area contributed by atoms with E-state index in [-0.39, 0.29) is 5.91 Å². The summed E-state index contributed by atoms with van der Waals surface area (Å²) in [5.74, 6) is 1.84. The fraction of sp³-hybridized carbons (Fsp3) is 0.538. The summed E-state index contributed by atoms with van der Waals surface area (Å²) >= 11 is 0. The third-order valence-corrected chi connectivity index (χ3v) is 2.83. The first-order valence-corrected chi connectivity index (χ1v) is 6.46. The number of hydrogen-bond donors (Lipinski definition) is 3. The quantitative estimate of drug-likeness (QED) is 0.641. The number of carbonyl (C=O) groups is 1. The van der Waals surface area contributed by atoms with Gasteiger partial charge in [-0.3, -0.25) is 4.79 Å². The predicted molar refractivity (Wildman–Crippen MR) is 72.7 cm³/mol. The van der Waals surface area contributed by atoms with E-state index in [4.69, 9.17) is 0 Å². The Morgan fingerprint density at radius 2 is 2.17 bits per heavy atom. The number of aromatic nitrogens is 1. The molecular formula is C13H20N4O. The molecule has 1 aromatic heterocycles. The van der Waals surface area contributed by atoms with Gasteiger partial charge >= 0.3 is 0 Å². The molecule has 1 aliphatic carbocycles. The van der Waals surface area contributed by atoms with Gasteiger partial charge in [-0.2, -0.15) is 0 Å². The largest absolute Gasteiger partial charge is 0.373 e. The Bertz CT molecular complexity index is 404. The first-order valence-electron chi connectivity index (χ1n) is 6.46. The van der Waals surface area contributed by atoms with Crippen LogP contribution in [0.15, 0.2) is 18.2 Å². The zero-order chi connectivity index (χ0) is 12.8. The third-order valence-electron chi connectivity index (χ3n) is 2.83. The molecule has 1 saturated carbocycles. The molecule has 5 nitrogen and oxygen atoms in total. The van der Waals surface area contributed by atoms with Crippen LogP contribution < -0.4 is 16.0 Å². The van der Waals surface area contributed by atoms with Gasteiger partial charge in [-0.05, 0) is 31.4 Å². The molecule has 5 heteroatoms. The van der Waals surface area contributed by atoms with E-state index in [0.29, 0.717) is 12.5 Å². The molecule has 18 heavy (non-hydrogen) atoms. The third kappa shape index (κ3) is 4.24. The normalized spacial score (nSPS) is 14.1. The second-order valence-electron chi connectivity index (χ2n) is 4.53. The van der Waals surface area contributed by atoms with Gasteiger partial charge in [0.15, 0.2) is 0 Å². The minimum Gasteiger partial charge on any atom is -0.373 e. The van der Waals surface area contributed by atoms with Crippen molar-refractivity contribution in [2.45, 2.75) is 31.7 Å². The summed E-state index contributed by atoms with van der Waals surface area (Å²) in [6, 6.07) is 6.24. The lowest BCUT2D eigenvalue weighted by atomic mass is 10.3. The van der Waals surface area contributed by atoms with Crippen molar-refractivity contribution in [3.05, 3.63) is 18.2 Å². The van der Waals surface area contributed by atoms with Crippen molar-refractivity contribution in [3.63, 3.8) is 0 Å². The number of rotatable bonds is 7. The van der Waals surface area contributed by atoms with E-state index in [1.165, 1.54) is 0 Å². The van der Waals surface area contributed by atoms with Crippen LogP contribution in [-0.2, 0) is 4.79 Å². The molecule has 1 heterocycles. The Balaban J connectivity index is 1.63. The number of carbonyl (C=O) groups excluding carboxylic acids is 1. The number of nitrogens with one attached hydrogen (secondary N) is 3. The van der Waals surface area contributed by atoms with Crippen LogP contribution >= 0.6 is 0 Å². The van der Waals surface area contributed by atoms with E-state index >= 15 is 0 Å². The van der Waals surface area contributed by atoms with Crippen molar-refractivity contribution >= 4 is 17.5 Å². The number of anilines is 2. The van der Waals surface area contributed by atoms with Gasteiger partial charge in [-0.25, -0.2) is 4.98 Å². The van der Waals surface area contributed by atoms with Crippen molar-refractivity contribution < 1.29 is 4.79 Å². The van der Waals surface area contributed by atoms with Crippen molar-refractivity contribution in [1.29, 1.82) is 0 Å². The number of nitrogens with zero attached hydrogens (tertiary/aromatic N) is 1. The topological polar surface area (TPSA) is 66.0 Å².